The molecule has 1 saturated heterocycles. The van der Waals surface area contributed by atoms with Crippen LogP contribution in [0.2, 0.25) is 0 Å². The zero-order valence-electron chi connectivity index (χ0n) is 16.3. The van der Waals surface area contributed by atoms with Crippen molar-refractivity contribution in [2.75, 3.05) is 26.2 Å². The number of rotatable bonds is 6. The van der Waals surface area contributed by atoms with E-state index in [1.165, 1.54) is 5.56 Å². The van der Waals surface area contributed by atoms with Gasteiger partial charge in [-0.25, -0.2) is 0 Å². The molecule has 1 N–H and O–H groups in total. The molecule has 2 aromatic carbocycles. The van der Waals surface area contributed by atoms with E-state index in [4.69, 9.17) is 9.84 Å². The van der Waals surface area contributed by atoms with Crippen LogP contribution in [0.25, 0.3) is 6.08 Å². The summed E-state index contributed by atoms with van der Waals surface area (Å²) in [6.45, 7) is 2.97. The molecule has 5 nitrogen and oxygen atoms in total. The number of likely N-dealkylation sites (tertiary alicyclic amines) is 1. The van der Waals surface area contributed by atoms with Crippen molar-refractivity contribution < 1.29 is 19.4 Å². The summed E-state index contributed by atoms with van der Waals surface area (Å²) in [6, 6.07) is 15.6. The van der Waals surface area contributed by atoms with Crippen LogP contribution in [0.1, 0.15) is 40.7 Å². The number of carboxylic acid groups (broad SMARTS) is 1. The van der Waals surface area contributed by atoms with Gasteiger partial charge < -0.3 is 14.7 Å². The number of ketones is 1. The van der Waals surface area contributed by atoms with Crippen molar-refractivity contribution in [1.82, 2.24) is 4.90 Å². The molecule has 2 aliphatic heterocycles. The molecule has 2 heterocycles. The topological polar surface area (TPSA) is 66.8 Å². The van der Waals surface area contributed by atoms with Gasteiger partial charge in [-0.15, -0.1) is 0 Å². The van der Waals surface area contributed by atoms with Crippen LogP contribution in [0.4, 0.5) is 0 Å². The average Bonchev–Trinajstić information content (AvgIpc) is 3.10. The Bertz CT molecular complexity index is 927. The van der Waals surface area contributed by atoms with Gasteiger partial charge >= 0.3 is 5.97 Å². The Morgan fingerprint density at radius 1 is 1.10 bits per heavy atom. The number of ether oxygens (including phenoxy) is 1. The number of carbonyl (C=O) groups excluding carboxylic acids is 1. The van der Waals surface area contributed by atoms with Crippen LogP contribution in [0.3, 0.4) is 0 Å². The lowest BCUT2D eigenvalue weighted by Gasteiger charge is -2.38. The highest BCUT2D eigenvalue weighted by atomic mass is 16.5. The zero-order valence-corrected chi connectivity index (χ0v) is 16.3. The van der Waals surface area contributed by atoms with Crippen LogP contribution >= 0.6 is 0 Å². The Balaban J connectivity index is 1.44. The van der Waals surface area contributed by atoms with Crippen LogP contribution in [-0.2, 0) is 10.2 Å². The maximum absolute atomic E-state index is 12.6. The van der Waals surface area contributed by atoms with Crippen molar-refractivity contribution in [3.63, 3.8) is 0 Å². The van der Waals surface area contributed by atoms with Gasteiger partial charge in [-0.2, -0.15) is 0 Å². The predicted octanol–water partition coefficient (Wildman–Crippen LogP) is 3.78. The first kappa shape index (κ1) is 19.4. The molecule has 4 rings (SSSR count). The molecule has 0 atom stereocenters. The molecule has 5 heteroatoms. The van der Waals surface area contributed by atoms with E-state index in [-0.39, 0.29) is 17.6 Å². The Hall–Kier alpha value is -2.92. The van der Waals surface area contributed by atoms with Crippen LogP contribution < -0.4 is 4.74 Å². The minimum Gasteiger partial charge on any atom is -0.492 e. The minimum atomic E-state index is -0.752. The fraction of sp³-hybridized carbons (Fsp3) is 0.333. The Morgan fingerprint density at radius 2 is 1.86 bits per heavy atom. The van der Waals surface area contributed by atoms with Crippen LogP contribution in [0.15, 0.2) is 54.6 Å². The number of hydrogen-bond acceptors (Lipinski definition) is 4. The second-order valence-electron chi connectivity index (χ2n) is 7.87. The van der Waals surface area contributed by atoms with Gasteiger partial charge in [0.25, 0.3) is 0 Å². The van der Waals surface area contributed by atoms with Crippen molar-refractivity contribution in [1.29, 1.82) is 0 Å². The third-order valence-corrected chi connectivity index (χ3v) is 6.02. The summed E-state index contributed by atoms with van der Waals surface area (Å²) in [6.07, 6.45) is 5.50. The molecule has 2 aromatic rings. The molecular formula is C24H25NO4. The first-order valence-corrected chi connectivity index (χ1v) is 10.0. The molecule has 0 bridgehead atoms. The van der Waals surface area contributed by atoms with Crippen molar-refractivity contribution in [2.24, 2.45) is 0 Å². The normalized spacial score (nSPS) is 17.9. The maximum Gasteiger partial charge on any atom is 0.304 e. The lowest BCUT2D eigenvalue weighted by molar-refractivity contribution is -0.137. The molecule has 0 saturated carbocycles. The van der Waals surface area contributed by atoms with E-state index >= 15 is 0 Å². The van der Waals surface area contributed by atoms with Crippen molar-refractivity contribution in [3.05, 3.63) is 71.3 Å². The van der Waals surface area contributed by atoms with Gasteiger partial charge in [0.1, 0.15) is 5.75 Å². The smallest absolute Gasteiger partial charge is 0.304 e. The van der Waals surface area contributed by atoms with E-state index in [9.17, 15) is 9.59 Å². The van der Waals surface area contributed by atoms with Crippen LogP contribution in [-0.4, -0.2) is 48.0 Å². The fourth-order valence-corrected chi connectivity index (χ4v) is 4.23. The first-order valence-electron chi connectivity index (χ1n) is 10.0. The molecule has 0 amide bonds. The lowest BCUT2D eigenvalue weighted by atomic mass is 9.74. The second-order valence-corrected chi connectivity index (χ2v) is 7.87. The number of aliphatic carboxylic acids is 1. The van der Waals surface area contributed by atoms with Gasteiger partial charge in [-0.05, 0) is 43.6 Å². The van der Waals surface area contributed by atoms with E-state index in [0.717, 1.165) is 37.2 Å². The Kier molecular flexibility index (Phi) is 5.49. The largest absolute Gasteiger partial charge is 0.492 e. The van der Waals surface area contributed by atoms with E-state index in [0.29, 0.717) is 18.7 Å². The van der Waals surface area contributed by atoms with Gasteiger partial charge in [0.15, 0.2) is 5.78 Å². The van der Waals surface area contributed by atoms with Crippen molar-refractivity contribution >= 4 is 17.8 Å². The monoisotopic (exact) mass is 391 g/mol. The average molecular weight is 391 g/mol. The number of fused-ring (bicyclic) bond motifs is 2. The third kappa shape index (κ3) is 4.25. The van der Waals surface area contributed by atoms with E-state index in [1.54, 1.807) is 6.08 Å². The maximum atomic E-state index is 12.6. The summed E-state index contributed by atoms with van der Waals surface area (Å²) in [7, 11) is 0. The first-order chi connectivity index (χ1) is 14.1. The number of allylic oxidation sites excluding steroid dienone is 1. The van der Waals surface area contributed by atoms with Gasteiger partial charge in [-0.1, -0.05) is 48.5 Å². The van der Waals surface area contributed by atoms with Crippen molar-refractivity contribution in [3.8, 4) is 5.75 Å². The van der Waals surface area contributed by atoms with Gasteiger partial charge in [0, 0.05) is 23.1 Å². The van der Waals surface area contributed by atoms with Gasteiger partial charge in [-0.3, -0.25) is 9.59 Å². The summed E-state index contributed by atoms with van der Waals surface area (Å²) in [5, 5.41) is 8.87. The van der Waals surface area contributed by atoms with Gasteiger partial charge in [0.2, 0.25) is 0 Å². The molecule has 0 aromatic heterocycles. The molecule has 0 radical (unpaired) electrons. The molecule has 0 aliphatic carbocycles. The molecule has 2 aliphatic rings. The zero-order chi connectivity index (χ0) is 20.3. The van der Waals surface area contributed by atoms with E-state index < -0.39 is 5.97 Å². The molecular weight excluding hydrogens is 366 g/mol. The Labute approximate surface area is 170 Å². The van der Waals surface area contributed by atoms with E-state index in [2.05, 4.69) is 4.90 Å². The second kappa shape index (κ2) is 8.21. The summed E-state index contributed by atoms with van der Waals surface area (Å²) >= 11 is 0. The highest BCUT2D eigenvalue weighted by Gasteiger charge is 2.43. The van der Waals surface area contributed by atoms with Gasteiger partial charge in [0.05, 0.1) is 13.0 Å². The quantitative estimate of drug-likeness (QED) is 0.600. The lowest BCUT2D eigenvalue weighted by Crippen LogP contribution is -2.44. The number of piperidine rings is 1. The number of benzene rings is 2. The standard InChI is InChI=1S/C24H25NO4/c26-21(9-6-18-4-2-1-3-5-18)19-7-8-20-22(16-19)29-17-24(20)11-14-25(15-12-24)13-10-23(27)28/h1-9,16H,10-15,17H2,(H,27,28). The number of carbonyl (C=O) groups is 2. The minimum absolute atomic E-state index is 0.0173. The molecule has 0 unspecified atom stereocenters. The summed E-state index contributed by atoms with van der Waals surface area (Å²) in [4.78, 5) is 25.6. The predicted molar refractivity (Wildman–Crippen MR) is 111 cm³/mol. The van der Waals surface area contributed by atoms with Crippen molar-refractivity contribution in [2.45, 2.75) is 24.7 Å². The molecule has 150 valence electrons. The number of nitrogens with zero attached hydrogens (tertiary/aromatic N) is 1. The number of hydrogen-bond donors (Lipinski definition) is 1. The summed E-state index contributed by atoms with van der Waals surface area (Å²) < 4.78 is 5.99. The highest BCUT2D eigenvalue weighted by Crippen LogP contribution is 2.45. The summed E-state index contributed by atoms with van der Waals surface area (Å²) in [5.41, 5.74) is 2.79. The SMILES string of the molecule is O=C(O)CCN1CCC2(CC1)COc1cc(C(=O)C=Cc3ccccc3)ccc12. The molecule has 29 heavy (non-hydrogen) atoms. The summed E-state index contributed by atoms with van der Waals surface area (Å²) in [5.74, 6) is 0.0194. The number of carboxylic acids is 1. The van der Waals surface area contributed by atoms with E-state index in [1.807, 2.05) is 54.6 Å². The molecule has 1 fully saturated rings. The van der Waals surface area contributed by atoms with Crippen LogP contribution in [0.5, 0.6) is 5.75 Å². The fourth-order valence-electron chi connectivity index (χ4n) is 4.23. The molecule has 1 spiro atoms. The third-order valence-electron chi connectivity index (χ3n) is 6.02. The van der Waals surface area contributed by atoms with Crippen LogP contribution in [0, 0.1) is 0 Å². The Morgan fingerprint density at radius 3 is 2.59 bits per heavy atom. The highest BCUT2D eigenvalue weighted by molar-refractivity contribution is 6.07.